The monoisotopic (exact) mass is 351 g/mol. The molecule has 0 bridgehead atoms. The summed E-state index contributed by atoms with van der Waals surface area (Å²) in [5, 5.41) is 12.3. The highest BCUT2D eigenvalue weighted by Crippen LogP contribution is 2.39. The highest BCUT2D eigenvalue weighted by atomic mass is 79.9. The van der Waals surface area contributed by atoms with Crippen molar-refractivity contribution in [3.05, 3.63) is 28.2 Å². The van der Waals surface area contributed by atoms with E-state index in [1.807, 2.05) is 12.1 Å². The Labute approximate surface area is 134 Å². The molecule has 0 aromatic heterocycles. The molecule has 5 heteroatoms. The average molecular weight is 352 g/mol. The number of amidine groups is 1. The zero-order valence-corrected chi connectivity index (χ0v) is 13.7. The molecule has 1 saturated carbocycles. The lowest BCUT2D eigenvalue weighted by Crippen LogP contribution is -2.47. The van der Waals surface area contributed by atoms with E-state index in [0.29, 0.717) is 6.04 Å². The Morgan fingerprint density at radius 2 is 2.00 bits per heavy atom. The molecular weight excluding hydrogens is 330 g/mol. The molecule has 1 aromatic rings. The first kappa shape index (κ1) is 14.7. The molecule has 2 unspecified atom stereocenters. The van der Waals surface area contributed by atoms with E-state index >= 15 is 0 Å². The van der Waals surface area contributed by atoms with Gasteiger partial charge in [0.2, 0.25) is 0 Å². The Morgan fingerprint density at radius 1 is 1.24 bits per heavy atom. The molecule has 114 valence electrons. The molecule has 1 aliphatic heterocycles. The third-order valence-electron chi connectivity index (χ3n) is 4.89. The van der Waals surface area contributed by atoms with Crippen LogP contribution < -0.4 is 10.6 Å². The number of hydrogen-bond donors (Lipinski definition) is 2. The molecular formula is C16H22BrN3O. The van der Waals surface area contributed by atoms with Crippen molar-refractivity contribution in [2.45, 2.75) is 44.6 Å². The average Bonchev–Trinajstić information content (AvgIpc) is 2.53. The first-order valence-electron chi connectivity index (χ1n) is 7.75. The van der Waals surface area contributed by atoms with Crippen LogP contribution in [0.3, 0.4) is 0 Å². The normalized spacial score (nSPS) is 26.5. The van der Waals surface area contributed by atoms with Crippen molar-refractivity contribution in [2.24, 2.45) is 16.8 Å². The lowest BCUT2D eigenvalue weighted by Gasteiger charge is -2.46. The van der Waals surface area contributed by atoms with Crippen LogP contribution in [0.1, 0.15) is 44.1 Å². The van der Waals surface area contributed by atoms with E-state index in [4.69, 9.17) is 10.9 Å². The lowest BCUT2D eigenvalue weighted by atomic mass is 9.78. The Hall–Kier alpha value is -1.23. The zero-order valence-electron chi connectivity index (χ0n) is 12.1. The van der Waals surface area contributed by atoms with E-state index in [-0.39, 0.29) is 5.84 Å². The van der Waals surface area contributed by atoms with Gasteiger partial charge >= 0.3 is 0 Å². The number of benzene rings is 1. The SMILES string of the molecule is N/C(=N/O)c1cc(Br)ccc1N1CCCC2CCCCC21. The summed E-state index contributed by atoms with van der Waals surface area (Å²) in [5.74, 6) is 0.987. The van der Waals surface area contributed by atoms with E-state index in [2.05, 4.69) is 32.1 Å². The number of piperidine rings is 1. The number of rotatable bonds is 2. The molecule has 1 saturated heterocycles. The number of anilines is 1. The number of oxime groups is 1. The number of halogens is 1. The van der Waals surface area contributed by atoms with Crippen molar-refractivity contribution in [2.75, 3.05) is 11.4 Å². The Kier molecular flexibility index (Phi) is 4.38. The second kappa shape index (κ2) is 6.26. The van der Waals surface area contributed by atoms with Gasteiger partial charge in [0.15, 0.2) is 5.84 Å². The quantitative estimate of drug-likeness (QED) is 0.369. The second-order valence-electron chi connectivity index (χ2n) is 6.09. The number of fused-ring (bicyclic) bond motifs is 1. The predicted octanol–water partition coefficient (Wildman–Crippen LogP) is 3.70. The first-order chi connectivity index (χ1) is 10.2. The summed E-state index contributed by atoms with van der Waals surface area (Å²) in [5.41, 5.74) is 7.81. The van der Waals surface area contributed by atoms with E-state index in [1.54, 1.807) is 0 Å². The van der Waals surface area contributed by atoms with Gasteiger partial charge in [0, 0.05) is 28.3 Å². The molecule has 3 rings (SSSR count). The fraction of sp³-hybridized carbons (Fsp3) is 0.562. The Morgan fingerprint density at radius 3 is 2.81 bits per heavy atom. The number of nitrogens with two attached hydrogens (primary N) is 1. The summed E-state index contributed by atoms with van der Waals surface area (Å²) in [6.07, 6.45) is 7.85. The predicted molar refractivity (Wildman–Crippen MR) is 89.0 cm³/mol. The van der Waals surface area contributed by atoms with Crippen LogP contribution in [0.4, 0.5) is 5.69 Å². The smallest absolute Gasteiger partial charge is 0.172 e. The Balaban J connectivity index is 1.98. The Bertz CT molecular complexity index is 544. The summed E-state index contributed by atoms with van der Waals surface area (Å²) in [4.78, 5) is 2.49. The van der Waals surface area contributed by atoms with Crippen molar-refractivity contribution in [3.63, 3.8) is 0 Å². The number of nitrogens with zero attached hydrogens (tertiary/aromatic N) is 2. The third kappa shape index (κ3) is 2.89. The van der Waals surface area contributed by atoms with Crippen LogP contribution in [0.2, 0.25) is 0 Å². The molecule has 2 aliphatic rings. The molecule has 21 heavy (non-hydrogen) atoms. The van der Waals surface area contributed by atoms with E-state index in [1.165, 1.54) is 38.5 Å². The van der Waals surface area contributed by atoms with Crippen molar-refractivity contribution < 1.29 is 5.21 Å². The molecule has 0 radical (unpaired) electrons. The van der Waals surface area contributed by atoms with E-state index in [0.717, 1.165) is 28.2 Å². The largest absolute Gasteiger partial charge is 0.409 e. The van der Waals surface area contributed by atoms with Crippen LogP contribution in [0.25, 0.3) is 0 Å². The van der Waals surface area contributed by atoms with Crippen molar-refractivity contribution in [3.8, 4) is 0 Å². The van der Waals surface area contributed by atoms with Crippen LogP contribution in [-0.2, 0) is 0 Å². The molecule has 1 aliphatic carbocycles. The van der Waals surface area contributed by atoms with Gasteiger partial charge in [-0.1, -0.05) is 33.9 Å². The summed E-state index contributed by atoms with van der Waals surface area (Å²) < 4.78 is 0.949. The van der Waals surface area contributed by atoms with Gasteiger partial charge in [-0.3, -0.25) is 0 Å². The fourth-order valence-corrected chi connectivity index (χ4v) is 4.30. The van der Waals surface area contributed by atoms with Crippen LogP contribution in [-0.4, -0.2) is 23.6 Å². The molecule has 2 fully saturated rings. The van der Waals surface area contributed by atoms with Crippen LogP contribution in [0.15, 0.2) is 27.8 Å². The van der Waals surface area contributed by atoms with E-state index in [9.17, 15) is 0 Å². The van der Waals surface area contributed by atoms with Gasteiger partial charge in [-0.15, -0.1) is 0 Å². The zero-order chi connectivity index (χ0) is 14.8. The standard InChI is InChI=1S/C16H22BrN3O/c17-12-7-8-15(13(10-12)16(18)19-21)20-9-3-5-11-4-1-2-6-14(11)20/h7-8,10-11,14,21H,1-6,9H2,(H2,18,19). The van der Waals surface area contributed by atoms with E-state index < -0.39 is 0 Å². The van der Waals surface area contributed by atoms with Crippen LogP contribution in [0.5, 0.6) is 0 Å². The highest BCUT2D eigenvalue weighted by molar-refractivity contribution is 9.10. The minimum Gasteiger partial charge on any atom is -0.409 e. The molecule has 4 nitrogen and oxygen atoms in total. The third-order valence-corrected chi connectivity index (χ3v) is 5.39. The molecule has 1 aromatic carbocycles. The maximum Gasteiger partial charge on any atom is 0.172 e. The second-order valence-corrected chi connectivity index (χ2v) is 7.01. The first-order valence-corrected chi connectivity index (χ1v) is 8.54. The summed E-state index contributed by atoms with van der Waals surface area (Å²) in [6, 6.07) is 6.68. The highest BCUT2D eigenvalue weighted by Gasteiger charge is 2.34. The maximum atomic E-state index is 9.06. The van der Waals surface area contributed by atoms with Crippen molar-refractivity contribution in [1.29, 1.82) is 0 Å². The van der Waals surface area contributed by atoms with Gasteiger partial charge in [-0.05, 0) is 49.8 Å². The topological polar surface area (TPSA) is 61.9 Å². The molecule has 0 spiro atoms. The lowest BCUT2D eigenvalue weighted by molar-refractivity contribution is 0.244. The van der Waals surface area contributed by atoms with Crippen molar-refractivity contribution >= 4 is 27.5 Å². The molecule has 0 amide bonds. The summed E-state index contributed by atoms with van der Waals surface area (Å²) >= 11 is 3.48. The molecule has 2 atom stereocenters. The number of hydrogen-bond acceptors (Lipinski definition) is 3. The maximum absolute atomic E-state index is 9.06. The fourth-order valence-electron chi connectivity index (χ4n) is 3.94. The van der Waals surface area contributed by atoms with Crippen LogP contribution in [0, 0.1) is 5.92 Å². The minimum absolute atomic E-state index is 0.184. The summed E-state index contributed by atoms with van der Waals surface area (Å²) in [7, 11) is 0. The van der Waals surface area contributed by atoms with Gasteiger partial charge in [0.25, 0.3) is 0 Å². The molecule has 1 heterocycles. The van der Waals surface area contributed by atoms with Gasteiger partial charge in [0.05, 0.1) is 0 Å². The summed E-state index contributed by atoms with van der Waals surface area (Å²) in [6.45, 7) is 1.06. The molecule has 3 N–H and O–H groups in total. The van der Waals surface area contributed by atoms with Gasteiger partial charge in [-0.2, -0.15) is 0 Å². The van der Waals surface area contributed by atoms with Gasteiger partial charge in [-0.25, -0.2) is 0 Å². The van der Waals surface area contributed by atoms with Gasteiger partial charge in [0.1, 0.15) is 0 Å². The minimum atomic E-state index is 0.184. The van der Waals surface area contributed by atoms with Gasteiger partial charge < -0.3 is 15.8 Å². The van der Waals surface area contributed by atoms with Crippen molar-refractivity contribution in [1.82, 2.24) is 0 Å². The van der Waals surface area contributed by atoms with Crippen LogP contribution >= 0.6 is 15.9 Å².